The van der Waals surface area contributed by atoms with Gasteiger partial charge in [0.05, 0.1) is 17.4 Å². The standard InChI is InChI=1S/C26H24F2N6O6/c1-34-12-17(22(35)15-9-18(27)16(20(28)21(15)34)10-32-25-29-7-8-30-25)23(36)31-11-19(24(37)38)33-26(39)40-13-14-5-3-2-4-6-14/h2-7,9,12,19H,8,10-11,13H2,1H3,(H,30,32)(H,31,36)(H,33,39)(H,37,38). The Kier molecular flexibility index (Phi) is 8.47. The number of alkyl carbamates (subject to hydrolysis) is 1. The molecule has 0 fully saturated rings. The third kappa shape index (κ3) is 6.28. The molecule has 1 unspecified atom stereocenters. The van der Waals surface area contributed by atoms with Gasteiger partial charge in [-0.3, -0.25) is 9.59 Å². The zero-order chi connectivity index (χ0) is 28.8. The Morgan fingerprint density at radius 1 is 1.20 bits per heavy atom. The van der Waals surface area contributed by atoms with Crippen LogP contribution in [0.5, 0.6) is 0 Å². The zero-order valence-corrected chi connectivity index (χ0v) is 21.1. The average molecular weight is 555 g/mol. The molecule has 0 bridgehead atoms. The van der Waals surface area contributed by atoms with Crippen LogP contribution < -0.4 is 21.4 Å². The van der Waals surface area contributed by atoms with Crippen LogP contribution in [-0.2, 0) is 29.7 Å². The molecular formula is C26H24F2N6O6. The summed E-state index contributed by atoms with van der Waals surface area (Å²) >= 11 is 0. The van der Waals surface area contributed by atoms with Gasteiger partial charge in [-0.25, -0.2) is 28.4 Å². The van der Waals surface area contributed by atoms with Gasteiger partial charge in [-0.1, -0.05) is 30.3 Å². The number of pyridine rings is 1. The molecule has 40 heavy (non-hydrogen) atoms. The number of aliphatic carboxylic acids is 1. The molecular weight excluding hydrogens is 530 g/mol. The fourth-order valence-electron chi connectivity index (χ4n) is 3.91. The maximum atomic E-state index is 15.3. The number of carbonyl (C=O) groups excluding carboxylic acids is 2. The normalized spacial score (nSPS) is 13.0. The van der Waals surface area contributed by atoms with Crippen molar-refractivity contribution >= 4 is 41.0 Å². The SMILES string of the molecule is Cn1cc(C(=O)NCC(NC(=O)OCc2ccccc2)C(=O)O)c(=O)c2cc(F)c(CNC3=NCC=N3)c(F)c21. The molecule has 2 aromatic carbocycles. The molecule has 0 aliphatic carbocycles. The Bertz CT molecular complexity index is 1590. The van der Waals surface area contributed by atoms with Gasteiger partial charge < -0.3 is 30.4 Å². The zero-order valence-electron chi connectivity index (χ0n) is 21.1. The summed E-state index contributed by atoms with van der Waals surface area (Å²) < 4.78 is 36.2. The lowest BCUT2D eigenvalue weighted by Gasteiger charge is -2.16. The smallest absolute Gasteiger partial charge is 0.408 e. The van der Waals surface area contributed by atoms with Crippen LogP contribution >= 0.6 is 0 Å². The topological polar surface area (TPSA) is 163 Å². The fourth-order valence-corrected chi connectivity index (χ4v) is 3.91. The third-order valence-electron chi connectivity index (χ3n) is 5.93. The molecule has 1 aliphatic heterocycles. The van der Waals surface area contributed by atoms with Crippen molar-refractivity contribution in [2.24, 2.45) is 17.0 Å². The number of aliphatic imine (C=N–C) groups is 2. The number of halogens is 2. The minimum atomic E-state index is -1.59. The highest BCUT2D eigenvalue weighted by molar-refractivity contribution is 5.98. The Hall–Kier alpha value is -5.14. The van der Waals surface area contributed by atoms with E-state index in [-0.39, 0.29) is 35.6 Å². The van der Waals surface area contributed by atoms with Crippen LogP contribution in [0.1, 0.15) is 21.5 Å². The average Bonchev–Trinajstić information content (AvgIpc) is 3.45. The van der Waals surface area contributed by atoms with Gasteiger partial charge in [0.2, 0.25) is 11.4 Å². The second kappa shape index (κ2) is 12.1. The lowest BCUT2D eigenvalue weighted by Crippen LogP contribution is -2.49. The second-order valence-corrected chi connectivity index (χ2v) is 8.67. The van der Waals surface area contributed by atoms with Gasteiger partial charge in [-0.05, 0) is 11.6 Å². The van der Waals surface area contributed by atoms with E-state index in [0.29, 0.717) is 12.1 Å². The van der Waals surface area contributed by atoms with Crippen molar-refractivity contribution in [2.75, 3.05) is 13.1 Å². The summed E-state index contributed by atoms with van der Waals surface area (Å²) in [5, 5.41) is 16.1. The number of hydrogen-bond acceptors (Lipinski definition) is 8. The van der Waals surface area contributed by atoms with E-state index in [1.54, 1.807) is 30.3 Å². The van der Waals surface area contributed by atoms with Crippen molar-refractivity contribution in [3.05, 3.63) is 81.1 Å². The van der Waals surface area contributed by atoms with Gasteiger partial charge >= 0.3 is 12.1 Å². The van der Waals surface area contributed by atoms with Crippen LogP contribution in [0.25, 0.3) is 10.9 Å². The molecule has 3 aromatic rings. The molecule has 2 amide bonds. The number of benzene rings is 2. The van der Waals surface area contributed by atoms with Crippen LogP contribution in [-0.4, -0.2) is 58.9 Å². The largest absolute Gasteiger partial charge is 0.480 e. The molecule has 2 heterocycles. The number of ether oxygens (including phenoxy) is 1. The minimum absolute atomic E-state index is 0.105. The van der Waals surface area contributed by atoms with E-state index in [4.69, 9.17) is 4.74 Å². The van der Waals surface area contributed by atoms with Crippen molar-refractivity contribution in [2.45, 2.75) is 19.2 Å². The maximum Gasteiger partial charge on any atom is 0.408 e. The molecule has 1 atom stereocenters. The highest BCUT2D eigenvalue weighted by Crippen LogP contribution is 2.22. The van der Waals surface area contributed by atoms with Crippen molar-refractivity contribution in [3.63, 3.8) is 0 Å². The lowest BCUT2D eigenvalue weighted by atomic mass is 10.1. The van der Waals surface area contributed by atoms with Crippen LogP contribution in [0.2, 0.25) is 0 Å². The van der Waals surface area contributed by atoms with E-state index in [0.717, 1.165) is 16.8 Å². The molecule has 12 nitrogen and oxygen atoms in total. The van der Waals surface area contributed by atoms with Gasteiger partial charge in [-0.2, -0.15) is 0 Å². The predicted molar refractivity (Wildman–Crippen MR) is 140 cm³/mol. The van der Waals surface area contributed by atoms with Gasteiger partial charge in [-0.15, -0.1) is 0 Å². The number of hydrogen-bond donors (Lipinski definition) is 4. The summed E-state index contributed by atoms with van der Waals surface area (Å²) in [6.45, 7) is -0.634. The first kappa shape index (κ1) is 27.9. The Morgan fingerprint density at radius 2 is 1.95 bits per heavy atom. The highest BCUT2D eigenvalue weighted by atomic mass is 19.1. The van der Waals surface area contributed by atoms with Crippen molar-refractivity contribution < 1.29 is 33.0 Å². The van der Waals surface area contributed by atoms with Gasteiger partial charge in [0.1, 0.15) is 24.0 Å². The summed E-state index contributed by atoms with van der Waals surface area (Å²) in [6.07, 6.45) is 1.55. The Morgan fingerprint density at radius 3 is 2.62 bits per heavy atom. The number of aryl methyl sites for hydroxylation is 1. The summed E-state index contributed by atoms with van der Waals surface area (Å²) in [7, 11) is 1.37. The number of carboxylic acid groups (broad SMARTS) is 1. The molecule has 0 spiro atoms. The van der Waals surface area contributed by atoms with E-state index in [9.17, 15) is 28.7 Å². The first-order chi connectivity index (χ1) is 19.2. The molecule has 4 N–H and O–H groups in total. The number of nitrogens with one attached hydrogen (secondary N) is 3. The molecule has 0 saturated heterocycles. The van der Waals surface area contributed by atoms with Crippen LogP contribution in [0.3, 0.4) is 0 Å². The van der Waals surface area contributed by atoms with Gasteiger partial charge in [0.15, 0.2) is 5.82 Å². The number of carboxylic acids is 1. The van der Waals surface area contributed by atoms with Crippen LogP contribution in [0.4, 0.5) is 13.6 Å². The molecule has 1 aliphatic rings. The quantitative estimate of drug-likeness (QED) is 0.311. The number of carbonyl (C=O) groups is 3. The first-order valence-electron chi connectivity index (χ1n) is 11.9. The van der Waals surface area contributed by atoms with Crippen molar-refractivity contribution in [3.8, 4) is 0 Å². The maximum absolute atomic E-state index is 15.3. The van der Waals surface area contributed by atoms with Crippen molar-refractivity contribution in [1.29, 1.82) is 0 Å². The highest BCUT2D eigenvalue weighted by Gasteiger charge is 2.25. The molecule has 0 radical (unpaired) electrons. The Labute approximate surface area is 225 Å². The third-order valence-corrected chi connectivity index (χ3v) is 5.93. The van der Waals surface area contributed by atoms with E-state index in [1.165, 1.54) is 13.3 Å². The lowest BCUT2D eigenvalue weighted by molar-refractivity contribution is -0.139. The number of aromatic nitrogens is 1. The van der Waals surface area contributed by atoms with E-state index >= 15 is 4.39 Å². The number of guanidine groups is 1. The van der Waals surface area contributed by atoms with E-state index < -0.39 is 53.2 Å². The number of nitrogens with zero attached hydrogens (tertiary/aromatic N) is 3. The van der Waals surface area contributed by atoms with Crippen LogP contribution in [0.15, 0.2) is 57.4 Å². The van der Waals surface area contributed by atoms with Crippen molar-refractivity contribution in [1.82, 2.24) is 20.5 Å². The number of fused-ring (bicyclic) bond motifs is 1. The second-order valence-electron chi connectivity index (χ2n) is 8.67. The fraction of sp³-hybridized carbons (Fsp3) is 0.231. The summed E-state index contributed by atoms with van der Waals surface area (Å²) in [5.74, 6) is -4.27. The van der Waals surface area contributed by atoms with E-state index in [1.807, 2.05) is 0 Å². The van der Waals surface area contributed by atoms with Gasteiger partial charge in [0.25, 0.3) is 5.91 Å². The summed E-state index contributed by atoms with van der Waals surface area (Å²) in [6, 6.07) is 7.93. The molecule has 14 heteroatoms. The molecule has 208 valence electrons. The van der Waals surface area contributed by atoms with E-state index in [2.05, 4.69) is 25.9 Å². The molecule has 4 rings (SSSR count). The predicted octanol–water partition coefficient (Wildman–Crippen LogP) is 1.46. The molecule has 1 aromatic heterocycles. The number of amides is 2. The summed E-state index contributed by atoms with van der Waals surface area (Å²) in [5.41, 5.74) is -1.35. The number of rotatable bonds is 9. The minimum Gasteiger partial charge on any atom is -0.480 e. The monoisotopic (exact) mass is 554 g/mol. The van der Waals surface area contributed by atoms with Gasteiger partial charge in [0, 0.05) is 38.1 Å². The first-order valence-corrected chi connectivity index (χ1v) is 11.9. The van der Waals surface area contributed by atoms with Crippen LogP contribution in [0, 0.1) is 11.6 Å². The molecule has 0 saturated carbocycles. The Balaban J connectivity index is 1.47. The summed E-state index contributed by atoms with van der Waals surface area (Å²) in [4.78, 5) is 57.4.